The number of carbonyl (C=O) groups is 1. The van der Waals surface area contributed by atoms with Crippen molar-refractivity contribution in [3.8, 4) is 0 Å². The second-order valence-electron chi connectivity index (χ2n) is 4.79. The van der Waals surface area contributed by atoms with E-state index in [9.17, 15) is 4.79 Å². The highest BCUT2D eigenvalue weighted by Crippen LogP contribution is 2.19. The summed E-state index contributed by atoms with van der Waals surface area (Å²) in [5.41, 5.74) is 6.62. The number of hydrogen-bond acceptors (Lipinski definition) is 3. The van der Waals surface area contributed by atoms with E-state index >= 15 is 0 Å². The highest BCUT2D eigenvalue weighted by atomic mass is 16.5. The first-order chi connectivity index (χ1) is 8.09. The zero-order valence-corrected chi connectivity index (χ0v) is 10.0. The number of nitrogens with two attached hydrogens (primary N) is 1. The molecule has 4 nitrogen and oxygen atoms in total. The molecule has 1 saturated heterocycles. The Morgan fingerprint density at radius 2 is 2.12 bits per heavy atom. The third-order valence-corrected chi connectivity index (χ3v) is 3.03. The monoisotopic (exact) mass is 234 g/mol. The summed E-state index contributed by atoms with van der Waals surface area (Å²) in [7, 11) is 0. The van der Waals surface area contributed by atoms with Gasteiger partial charge in [0, 0.05) is 17.9 Å². The molecule has 0 spiro atoms. The van der Waals surface area contributed by atoms with Crippen molar-refractivity contribution in [1.29, 1.82) is 0 Å². The van der Waals surface area contributed by atoms with Gasteiger partial charge in [0.05, 0.1) is 12.1 Å². The molecule has 2 rings (SSSR count). The van der Waals surface area contributed by atoms with E-state index in [0.717, 1.165) is 19.4 Å². The number of nitrogen functional groups attached to an aromatic ring is 1. The summed E-state index contributed by atoms with van der Waals surface area (Å²) in [5.74, 6) is -0.0713. The first-order valence-electron chi connectivity index (χ1n) is 5.85. The Kier molecular flexibility index (Phi) is 3.33. The van der Waals surface area contributed by atoms with Crippen molar-refractivity contribution in [3.05, 3.63) is 29.8 Å². The van der Waals surface area contributed by atoms with E-state index in [0.29, 0.717) is 17.9 Å². The maximum Gasteiger partial charge on any atom is 0.251 e. The predicted octanol–water partition coefficient (Wildman–Crippen LogP) is 1.57. The molecule has 3 N–H and O–H groups in total. The van der Waals surface area contributed by atoms with E-state index in [4.69, 9.17) is 10.5 Å². The van der Waals surface area contributed by atoms with Gasteiger partial charge in [-0.2, -0.15) is 0 Å². The summed E-state index contributed by atoms with van der Waals surface area (Å²) >= 11 is 0. The topological polar surface area (TPSA) is 64.4 Å². The quantitative estimate of drug-likeness (QED) is 0.763. The molecule has 17 heavy (non-hydrogen) atoms. The molecule has 1 aliphatic rings. The zero-order chi connectivity index (χ0) is 12.3. The predicted molar refractivity (Wildman–Crippen MR) is 66.8 cm³/mol. The van der Waals surface area contributed by atoms with E-state index in [1.807, 2.05) is 6.92 Å². The summed E-state index contributed by atoms with van der Waals surface area (Å²) in [6, 6.07) is 6.93. The van der Waals surface area contributed by atoms with E-state index in [-0.39, 0.29) is 11.4 Å². The minimum Gasteiger partial charge on any atom is -0.399 e. The maximum absolute atomic E-state index is 12.0. The van der Waals surface area contributed by atoms with Crippen molar-refractivity contribution in [2.24, 2.45) is 0 Å². The van der Waals surface area contributed by atoms with Crippen LogP contribution in [0, 0.1) is 0 Å². The van der Waals surface area contributed by atoms with Gasteiger partial charge in [-0.15, -0.1) is 0 Å². The molecule has 92 valence electrons. The van der Waals surface area contributed by atoms with Gasteiger partial charge >= 0.3 is 0 Å². The molecule has 1 amide bonds. The summed E-state index contributed by atoms with van der Waals surface area (Å²) < 4.78 is 5.41. The highest BCUT2D eigenvalue weighted by molar-refractivity contribution is 5.95. The van der Waals surface area contributed by atoms with Gasteiger partial charge < -0.3 is 15.8 Å². The standard InChI is InChI=1S/C13H18N2O2/c1-13(7-2-8-17-9-13)15-12(16)10-3-5-11(14)6-4-10/h3-6H,2,7-9,14H2,1H3,(H,15,16). The molecule has 1 heterocycles. The largest absolute Gasteiger partial charge is 0.399 e. The highest BCUT2D eigenvalue weighted by Gasteiger charge is 2.29. The van der Waals surface area contributed by atoms with Crippen molar-refractivity contribution in [3.63, 3.8) is 0 Å². The van der Waals surface area contributed by atoms with Crippen LogP contribution in [0.25, 0.3) is 0 Å². The molecule has 1 unspecified atom stereocenters. The van der Waals surface area contributed by atoms with Crippen LogP contribution in [-0.2, 0) is 4.74 Å². The summed E-state index contributed by atoms with van der Waals surface area (Å²) in [4.78, 5) is 12.0. The van der Waals surface area contributed by atoms with Crippen molar-refractivity contribution in [2.75, 3.05) is 18.9 Å². The molecule has 1 aromatic carbocycles. The summed E-state index contributed by atoms with van der Waals surface area (Å²) in [5, 5.41) is 3.03. The van der Waals surface area contributed by atoms with E-state index < -0.39 is 0 Å². The van der Waals surface area contributed by atoms with Crippen molar-refractivity contribution in [1.82, 2.24) is 5.32 Å². The van der Waals surface area contributed by atoms with E-state index in [2.05, 4.69) is 5.32 Å². The Bertz CT molecular complexity index is 394. The van der Waals surface area contributed by atoms with Crippen LogP contribution < -0.4 is 11.1 Å². The van der Waals surface area contributed by atoms with E-state index in [1.54, 1.807) is 24.3 Å². The fraction of sp³-hybridized carbons (Fsp3) is 0.462. The number of benzene rings is 1. The van der Waals surface area contributed by atoms with Gasteiger partial charge in [-0.05, 0) is 44.0 Å². The van der Waals surface area contributed by atoms with Crippen molar-refractivity contribution >= 4 is 11.6 Å². The minimum absolute atomic E-state index is 0.0713. The molecule has 0 aromatic heterocycles. The zero-order valence-electron chi connectivity index (χ0n) is 10.0. The lowest BCUT2D eigenvalue weighted by molar-refractivity contribution is 0.0272. The average Bonchev–Trinajstić information content (AvgIpc) is 2.30. The molecule has 0 bridgehead atoms. The number of ether oxygens (including phenoxy) is 1. The molecule has 4 heteroatoms. The van der Waals surface area contributed by atoms with Crippen LogP contribution in [0.2, 0.25) is 0 Å². The lowest BCUT2D eigenvalue weighted by atomic mass is 9.94. The first-order valence-corrected chi connectivity index (χ1v) is 5.85. The second kappa shape index (κ2) is 4.75. The molecular weight excluding hydrogens is 216 g/mol. The van der Waals surface area contributed by atoms with E-state index in [1.165, 1.54) is 0 Å². The van der Waals surface area contributed by atoms with Gasteiger partial charge in [0.2, 0.25) is 0 Å². The normalized spacial score (nSPS) is 24.3. The van der Waals surface area contributed by atoms with Crippen LogP contribution in [0.4, 0.5) is 5.69 Å². The smallest absolute Gasteiger partial charge is 0.251 e. The van der Waals surface area contributed by atoms with Gasteiger partial charge in [0.1, 0.15) is 0 Å². The van der Waals surface area contributed by atoms with Gasteiger partial charge in [-0.25, -0.2) is 0 Å². The third-order valence-electron chi connectivity index (χ3n) is 3.03. The molecule has 0 aliphatic carbocycles. The SMILES string of the molecule is CC1(NC(=O)c2ccc(N)cc2)CCCOC1. The molecule has 1 aromatic rings. The number of anilines is 1. The van der Waals surface area contributed by atoms with Gasteiger partial charge in [0.15, 0.2) is 0 Å². The molecular formula is C13H18N2O2. The Morgan fingerprint density at radius 1 is 1.41 bits per heavy atom. The lowest BCUT2D eigenvalue weighted by Gasteiger charge is -2.34. The number of amides is 1. The summed E-state index contributed by atoms with van der Waals surface area (Å²) in [6.45, 7) is 3.38. The van der Waals surface area contributed by atoms with Crippen LogP contribution in [0.1, 0.15) is 30.1 Å². The Morgan fingerprint density at radius 3 is 2.71 bits per heavy atom. The molecule has 0 saturated carbocycles. The van der Waals surface area contributed by atoms with Crippen LogP contribution in [0.3, 0.4) is 0 Å². The Hall–Kier alpha value is -1.55. The Balaban J connectivity index is 2.03. The fourth-order valence-electron chi connectivity index (χ4n) is 2.01. The molecule has 1 fully saturated rings. The lowest BCUT2D eigenvalue weighted by Crippen LogP contribution is -2.51. The van der Waals surface area contributed by atoms with Gasteiger partial charge in [-0.1, -0.05) is 0 Å². The number of nitrogens with one attached hydrogen (secondary N) is 1. The summed E-state index contributed by atoms with van der Waals surface area (Å²) in [6.07, 6.45) is 1.94. The number of hydrogen-bond donors (Lipinski definition) is 2. The average molecular weight is 234 g/mol. The van der Waals surface area contributed by atoms with Crippen LogP contribution in [-0.4, -0.2) is 24.7 Å². The molecule has 1 aliphatic heterocycles. The van der Waals surface area contributed by atoms with Gasteiger partial charge in [-0.3, -0.25) is 4.79 Å². The number of rotatable bonds is 2. The van der Waals surface area contributed by atoms with Crippen LogP contribution in [0.15, 0.2) is 24.3 Å². The fourth-order valence-corrected chi connectivity index (χ4v) is 2.01. The minimum atomic E-state index is -0.253. The third kappa shape index (κ3) is 2.97. The van der Waals surface area contributed by atoms with Crippen molar-refractivity contribution in [2.45, 2.75) is 25.3 Å². The van der Waals surface area contributed by atoms with Crippen LogP contribution >= 0.6 is 0 Å². The molecule has 0 radical (unpaired) electrons. The van der Waals surface area contributed by atoms with Crippen LogP contribution in [0.5, 0.6) is 0 Å². The Labute approximate surface area is 101 Å². The maximum atomic E-state index is 12.0. The number of carbonyl (C=O) groups excluding carboxylic acids is 1. The first kappa shape index (κ1) is 11.9. The van der Waals surface area contributed by atoms with Crippen molar-refractivity contribution < 1.29 is 9.53 Å². The molecule has 1 atom stereocenters. The second-order valence-corrected chi connectivity index (χ2v) is 4.79. The van der Waals surface area contributed by atoms with Gasteiger partial charge in [0.25, 0.3) is 5.91 Å².